The average molecular weight is 240 g/mol. The molecule has 0 saturated carbocycles. The van der Waals surface area contributed by atoms with Crippen molar-refractivity contribution in [2.75, 3.05) is 28.8 Å². The van der Waals surface area contributed by atoms with E-state index in [1.54, 1.807) is 6.07 Å². The molecule has 1 fully saturated rings. The molecule has 0 bridgehead atoms. The second kappa shape index (κ2) is 5.22. The molecule has 6 N–H and O–H groups in total. The molecular weight excluding hydrogens is 224 g/mol. The van der Waals surface area contributed by atoms with Gasteiger partial charge in [-0.3, -0.25) is 0 Å². The Morgan fingerprint density at radius 3 is 2.94 bits per heavy atom. The Morgan fingerprint density at radius 1 is 1.44 bits per heavy atom. The van der Waals surface area contributed by atoms with E-state index in [-0.39, 0.29) is 5.95 Å². The van der Waals surface area contributed by atoms with Gasteiger partial charge in [0.1, 0.15) is 11.6 Å². The molecule has 0 amide bonds. The topological polar surface area (TPSA) is 102 Å². The Kier molecular flexibility index (Phi) is 3.68. The number of nitrogens with one attached hydrogen (secondary N) is 2. The largest absolute Gasteiger partial charge is 0.369 e. The molecule has 0 radical (unpaired) electrons. The summed E-state index contributed by atoms with van der Waals surface area (Å²) < 4.78 is 0. The summed E-state index contributed by atoms with van der Waals surface area (Å²) in [6, 6.07) is 1.75. The minimum Gasteiger partial charge on any atom is -0.369 e. The van der Waals surface area contributed by atoms with Gasteiger partial charge in [-0.1, -0.05) is 0 Å². The number of thioether (sulfide) groups is 1. The summed E-state index contributed by atoms with van der Waals surface area (Å²) in [6.07, 6.45) is 2.57. The monoisotopic (exact) mass is 240 g/mol. The lowest BCUT2D eigenvalue weighted by atomic mass is 10.2. The van der Waals surface area contributed by atoms with Gasteiger partial charge in [-0.05, 0) is 18.6 Å². The van der Waals surface area contributed by atoms with Crippen LogP contribution in [-0.2, 0) is 0 Å². The molecule has 1 aromatic heterocycles. The predicted molar refractivity (Wildman–Crippen MR) is 68.2 cm³/mol. The highest BCUT2D eigenvalue weighted by molar-refractivity contribution is 8.00. The number of nitrogens with zero attached hydrogens (tertiary/aromatic N) is 2. The van der Waals surface area contributed by atoms with Crippen molar-refractivity contribution in [3.63, 3.8) is 0 Å². The van der Waals surface area contributed by atoms with E-state index >= 15 is 0 Å². The Labute approximate surface area is 98.6 Å². The third kappa shape index (κ3) is 2.89. The van der Waals surface area contributed by atoms with E-state index in [0.717, 1.165) is 6.54 Å². The molecule has 6 nitrogen and oxygen atoms in total. The van der Waals surface area contributed by atoms with E-state index in [0.29, 0.717) is 16.9 Å². The van der Waals surface area contributed by atoms with Gasteiger partial charge in [-0.25, -0.2) is 5.84 Å². The molecule has 1 saturated heterocycles. The molecule has 88 valence electrons. The summed E-state index contributed by atoms with van der Waals surface area (Å²) in [6.45, 7) is 0.908. The number of hydrogen-bond acceptors (Lipinski definition) is 7. The highest BCUT2D eigenvalue weighted by Crippen LogP contribution is 2.26. The maximum absolute atomic E-state index is 5.56. The molecular formula is C9H16N6S. The van der Waals surface area contributed by atoms with Crippen LogP contribution < -0.4 is 22.3 Å². The normalized spacial score (nSPS) is 19.7. The van der Waals surface area contributed by atoms with Crippen LogP contribution in [-0.4, -0.2) is 27.5 Å². The highest BCUT2D eigenvalue weighted by atomic mass is 32.2. The zero-order chi connectivity index (χ0) is 11.4. The quantitative estimate of drug-likeness (QED) is 0.453. The minimum atomic E-state index is 0.219. The molecule has 0 aliphatic carbocycles. The zero-order valence-electron chi connectivity index (χ0n) is 8.94. The van der Waals surface area contributed by atoms with Crippen molar-refractivity contribution in [1.29, 1.82) is 0 Å². The van der Waals surface area contributed by atoms with Crippen molar-refractivity contribution in [1.82, 2.24) is 9.97 Å². The number of anilines is 3. The van der Waals surface area contributed by atoms with Gasteiger partial charge in [0, 0.05) is 17.9 Å². The van der Waals surface area contributed by atoms with Crippen molar-refractivity contribution < 1.29 is 0 Å². The van der Waals surface area contributed by atoms with Crippen LogP contribution in [0.15, 0.2) is 6.07 Å². The van der Waals surface area contributed by atoms with Crippen molar-refractivity contribution in [3.8, 4) is 0 Å². The zero-order valence-corrected chi connectivity index (χ0v) is 9.76. The lowest BCUT2D eigenvalue weighted by Gasteiger charge is -2.11. The Hall–Kier alpha value is -1.21. The molecule has 1 aliphatic heterocycles. The lowest BCUT2D eigenvalue weighted by molar-refractivity contribution is 0.803. The lowest BCUT2D eigenvalue weighted by Crippen LogP contribution is -2.16. The van der Waals surface area contributed by atoms with E-state index < -0.39 is 0 Å². The van der Waals surface area contributed by atoms with Crippen LogP contribution in [0.3, 0.4) is 0 Å². The van der Waals surface area contributed by atoms with E-state index in [1.165, 1.54) is 18.6 Å². The first-order valence-electron chi connectivity index (χ1n) is 5.24. The van der Waals surface area contributed by atoms with E-state index in [2.05, 4.69) is 20.7 Å². The first-order valence-corrected chi connectivity index (χ1v) is 6.29. The van der Waals surface area contributed by atoms with Gasteiger partial charge < -0.3 is 16.5 Å². The molecule has 1 aromatic rings. The molecule has 16 heavy (non-hydrogen) atoms. The van der Waals surface area contributed by atoms with Crippen LogP contribution in [0.2, 0.25) is 0 Å². The number of aromatic nitrogens is 2. The summed E-state index contributed by atoms with van der Waals surface area (Å²) in [5, 5.41) is 3.93. The predicted octanol–water partition coefficient (Wildman–Crippen LogP) is 0.652. The maximum Gasteiger partial charge on any atom is 0.223 e. The fourth-order valence-electron chi connectivity index (χ4n) is 1.65. The van der Waals surface area contributed by atoms with Crippen LogP contribution in [0.4, 0.5) is 17.6 Å². The maximum atomic E-state index is 5.56. The highest BCUT2D eigenvalue weighted by Gasteiger charge is 2.15. The van der Waals surface area contributed by atoms with E-state index in [1.807, 2.05) is 11.8 Å². The van der Waals surface area contributed by atoms with Gasteiger partial charge in [0.15, 0.2) is 0 Å². The van der Waals surface area contributed by atoms with Crippen LogP contribution in [0.1, 0.15) is 12.8 Å². The number of rotatable bonds is 4. The van der Waals surface area contributed by atoms with Crippen LogP contribution in [0, 0.1) is 0 Å². The van der Waals surface area contributed by atoms with Crippen molar-refractivity contribution >= 4 is 29.3 Å². The van der Waals surface area contributed by atoms with Gasteiger partial charge in [0.05, 0.1) is 0 Å². The Morgan fingerprint density at radius 2 is 2.25 bits per heavy atom. The summed E-state index contributed by atoms with van der Waals surface area (Å²) >= 11 is 2.00. The molecule has 1 atom stereocenters. The number of nitrogens with two attached hydrogens (primary N) is 2. The van der Waals surface area contributed by atoms with Crippen LogP contribution in [0.5, 0.6) is 0 Å². The first-order chi connectivity index (χ1) is 7.78. The van der Waals surface area contributed by atoms with Gasteiger partial charge in [0.25, 0.3) is 0 Å². The molecule has 7 heteroatoms. The van der Waals surface area contributed by atoms with E-state index in [9.17, 15) is 0 Å². The molecule has 2 rings (SSSR count). The summed E-state index contributed by atoms with van der Waals surface area (Å²) in [7, 11) is 0. The summed E-state index contributed by atoms with van der Waals surface area (Å²) in [5.74, 6) is 7.99. The summed E-state index contributed by atoms with van der Waals surface area (Å²) in [4.78, 5) is 8.01. The molecule has 1 unspecified atom stereocenters. The number of hydrogen-bond donors (Lipinski definition) is 4. The smallest absolute Gasteiger partial charge is 0.223 e. The number of nitrogen functional groups attached to an aromatic ring is 2. The van der Waals surface area contributed by atoms with Crippen LogP contribution >= 0.6 is 11.8 Å². The third-order valence-corrected chi connectivity index (χ3v) is 3.82. The number of hydrazine groups is 1. The average Bonchev–Trinajstić information content (AvgIpc) is 2.78. The Bertz CT molecular complexity index is 352. The molecule has 0 aromatic carbocycles. The van der Waals surface area contributed by atoms with Gasteiger partial charge in [-0.2, -0.15) is 21.7 Å². The molecule has 1 aliphatic rings. The van der Waals surface area contributed by atoms with Crippen molar-refractivity contribution in [3.05, 3.63) is 6.07 Å². The summed E-state index contributed by atoms with van der Waals surface area (Å²) in [5.41, 5.74) is 8.02. The molecule has 0 spiro atoms. The second-order valence-corrected chi connectivity index (χ2v) is 5.07. The first kappa shape index (κ1) is 11.3. The SMILES string of the molecule is NNc1cc(NCC2CCCS2)nc(N)n1. The Balaban J connectivity index is 1.94. The third-order valence-electron chi connectivity index (χ3n) is 2.43. The van der Waals surface area contributed by atoms with E-state index in [4.69, 9.17) is 11.6 Å². The van der Waals surface area contributed by atoms with Gasteiger partial charge >= 0.3 is 0 Å². The van der Waals surface area contributed by atoms with Gasteiger partial charge in [-0.15, -0.1) is 0 Å². The molecule has 2 heterocycles. The van der Waals surface area contributed by atoms with Crippen molar-refractivity contribution in [2.45, 2.75) is 18.1 Å². The van der Waals surface area contributed by atoms with Crippen LogP contribution in [0.25, 0.3) is 0 Å². The minimum absolute atomic E-state index is 0.219. The second-order valence-electron chi connectivity index (χ2n) is 3.66. The fourth-order valence-corrected chi connectivity index (χ4v) is 2.86. The fraction of sp³-hybridized carbons (Fsp3) is 0.556. The van der Waals surface area contributed by atoms with Crippen molar-refractivity contribution in [2.24, 2.45) is 5.84 Å². The standard InChI is InChI=1S/C9H16N6S/c10-9-13-7(4-8(14-9)15-11)12-5-6-2-1-3-16-6/h4,6H,1-3,5,11H2,(H4,10,12,13,14,15). The van der Waals surface area contributed by atoms with Gasteiger partial charge in [0.2, 0.25) is 5.95 Å².